The molecule has 3 aromatic rings. The molecule has 1 aromatic heterocycles. The number of hydrogen-bond acceptors (Lipinski definition) is 3. The van der Waals surface area contributed by atoms with Crippen LogP contribution < -0.4 is 10.9 Å². The summed E-state index contributed by atoms with van der Waals surface area (Å²) in [5.41, 5.74) is 3.75. The summed E-state index contributed by atoms with van der Waals surface area (Å²) in [5, 5.41) is 3.80. The van der Waals surface area contributed by atoms with Crippen molar-refractivity contribution >= 4 is 22.5 Å². The first-order valence-electron chi connectivity index (χ1n) is 6.47. The van der Waals surface area contributed by atoms with Gasteiger partial charge in [0.1, 0.15) is 0 Å². The highest BCUT2D eigenvalue weighted by molar-refractivity contribution is 5.79. The summed E-state index contributed by atoms with van der Waals surface area (Å²) in [6.45, 7) is 4.04. The minimum atomic E-state index is -0.135. The van der Waals surface area contributed by atoms with E-state index in [-0.39, 0.29) is 5.56 Å². The first-order valence-corrected chi connectivity index (χ1v) is 6.47. The van der Waals surface area contributed by atoms with Crippen molar-refractivity contribution in [2.24, 2.45) is 0 Å². The maximum absolute atomic E-state index is 12.0. The molecule has 20 heavy (non-hydrogen) atoms. The zero-order valence-electron chi connectivity index (χ0n) is 11.4. The van der Waals surface area contributed by atoms with Gasteiger partial charge in [0.25, 0.3) is 5.56 Å². The van der Waals surface area contributed by atoms with Crippen LogP contribution in [0.25, 0.3) is 10.9 Å². The van der Waals surface area contributed by atoms with Crippen molar-refractivity contribution in [3.05, 3.63) is 63.9 Å². The van der Waals surface area contributed by atoms with Crippen molar-refractivity contribution in [2.45, 2.75) is 13.8 Å². The molecular weight excluding hydrogens is 250 g/mol. The van der Waals surface area contributed by atoms with E-state index in [2.05, 4.69) is 15.3 Å². The Labute approximate surface area is 116 Å². The number of hydrogen-bond donors (Lipinski definition) is 2. The molecule has 3 rings (SSSR count). The Morgan fingerprint density at radius 3 is 2.45 bits per heavy atom. The monoisotopic (exact) mass is 265 g/mol. The van der Waals surface area contributed by atoms with Crippen molar-refractivity contribution in [3.63, 3.8) is 0 Å². The first-order chi connectivity index (χ1) is 9.65. The average Bonchev–Trinajstić information content (AvgIpc) is 2.43. The van der Waals surface area contributed by atoms with Crippen LogP contribution >= 0.6 is 0 Å². The molecule has 0 radical (unpaired) electrons. The first kappa shape index (κ1) is 12.4. The van der Waals surface area contributed by atoms with E-state index in [1.807, 2.05) is 50.2 Å². The molecule has 0 bridgehead atoms. The molecule has 0 saturated heterocycles. The number of aromatic amines is 1. The number of fused-ring (bicyclic) bond motifs is 1. The molecule has 2 aromatic carbocycles. The molecule has 1 heterocycles. The van der Waals surface area contributed by atoms with Gasteiger partial charge >= 0.3 is 0 Å². The summed E-state index contributed by atoms with van der Waals surface area (Å²) < 4.78 is 0. The lowest BCUT2D eigenvalue weighted by Crippen LogP contribution is -2.11. The number of aryl methyl sites for hydroxylation is 2. The number of rotatable bonds is 2. The van der Waals surface area contributed by atoms with Gasteiger partial charge in [-0.1, -0.05) is 30.3 Å². The Bertz CT molecular complexity index is 816. The summed E-state index contributed by atoms with van der Waals surface area (Å²) in [6.07, 6.45) is 0. The van der Waals surface area contributed by atoms with E-state index in [1.54, 1.807) is 6.07 Å². The van der Waals surface area contributed by atoms with Gasteiger partial charge in [-0.15, -0.1) is 0 Å². The van der Waals surface area contributed by atoms with Crippen LogP contribution in [-0.4, -0.2) is 9.97 Å². The summed E-state index contributed by atoms with van der Waals surface area (Å²) in [5.74, 6) is 0.464. The fourth-order valence-electron chi connectivity index (χ4n) is 2.28. The van der Waals surface area contributed by atoms with Gasteiger partial charge < -0.3 is 5.32 Å². The van der Waals surface area contributed by atoms with Crippen LogP contribution in [0.1, 0.15) is 11.1 Å². The minimum absolute atomic E-state index is 0.135. The van der Waals surface area contributed by atoms with Gasteiger partial charge in [0.2, 0.25) is 5.95 Å². The Morgan fingerprint density at radius 1 is 1.00 bits per heavy atom. The number of nitrogens with one attached hydrogen (secondary N) is 2. The maximum atomic E-state index is 12.0. The van der Waals surface area contributed by atoms with Crippen LogP contribution in [0, 0.1) is 13.8 Å². The Morgan fingerprint density at radius 2 is 1.70 bits per heavy atom. The highest BCUT2D eigenvalue weighted by Gasteiger charge is 2.06. The fourth-order valence-corrected chi connectivity index (χ4v) is 2.28. The van der Waals surface area contributed by atoms with Crippen molar-refractivity contribution in [3.8, 4) is 0 Å². The largest absolute Gasteiger partial charge is 0.325 e. The van der Waals surface area contributed by atoms with E-state index < -0.39 is 0 Å². The number of anilines is 2. The second-order valence-corrected chi connectivity index (χ2v) is 4.82. The molecule has 0 saturated carbocycles. The van der Waals surface area contributed by atoms with Gasteiger partial charge in [-0.25, -0.2) is 4.98 Å². The predicted molar refractivity (Wildman–Crippen MR) is 81.6 cm³/mol. The van der Waals surface area contributed by atoms with Crippen molar-refractivity contribution in [1.82, 2.24) is 9.97 Å². The van der Waals surface area contributed by atoms with Crippen LogP contribution in [0.2, 0.25) is 0 Å². The third-order valence-electron chi connectivity index (χ3n) is 3.34. The Kier molecular flexibility index (Phi) is 2.99. The van der Waals surface area contributed by atoms with Gasteiger partial charge in [0.05, 0.1) is 10.9 Å². The van der Waals surface area contributed by atoms with Crippen molar-refractivity contribution in [1.29, 1.82) is 0 Å². The van der Waals surface area contributed by atoms with E-state index in [1.165, 1.54) is 0 Å². The molecule has 0 spiro atoms. The second-order valence-electron chi connectivity index (χ2n) is 4.82. The van der Waals surface area contributed by atoms with Crippen LogP contribution in [-0.2, 0) is 0 Å². The highest BCUT2D eigenvalue weighted by Crippen LogP contribution is 2.22. The van der Waals surface area contributed by atoms with Crippen LogP contribution in [0.3, 0.4) is 0 Å². The summed E-state index contributed by atoms with van der Waals surface area (Å²) in [7, 11) is 0. The lowest BCUT2D eigenvalue weighted by molar-refractivity contribution is 1.16. The van der Waals surface area contributed by atoms with E-state index >= 15 is 0 Å². The summed E-state index contributed by atoms with van der Waals surface area (Å²) >= 11 is 0. The second kappa shape index (κ2) is 4.81. The smallest absolute Gasteiger partial charge is 0.260 e. The molecule has 0 unspecified atom stereocenters. The standard InChI is InChI=1S/C16H15N3O/c1-10-6-5-7-11(2)14(10)18-16-17-13-9-4-3-8-12(13)15(20)19-16/h3-9H,1-2H3,(H2,17,18,19,20). The summed E-state index contributed by atoms with van der Waals surface area (Å²) in [4.78, 5) is 19.2. The average molecular weight is 265 g/mol. The van der Waals surface area contributed by atoms with Gasteiger partial charge in [-0.05, 0) is 37.1 Å². The normalized spacial score (nSPS) is 10.7. The highest BCUT2D eigenvalue weighted by atomic mass is 16.1. The molecule has 0 aliphatic carbocycles. The topological polar surface area (TPSA) is 57.8 Å². The number of H-pyrrole nitrogens is 1. The zero-order valence-corrected chi connectivity index (χ0v) is 11.4. The summed E-state index contributed by atoms with van der Waals surface area (Å²) in [6, 6.07) is 13.4. The van der Waals surface area contributed by atoms with Gasteiger partial charge in [-0.3, -0.25) is 9.78 Å². The van der Waals surface area contributed by atoms with Crippen LogP contribution in [0.5, 0.6) is 0 Å². The number of aromatic nitrogens is 2. The van der Waals surface area contributed by atoms with E-state index in [0.717, 1.165) is 16.8 Å². The molecule has 0 atom stereocenters. The van der Waals surface area contributed by atoms with E-state index in [9.17, 15) is 4.79 Å². The molecule has 4 nitrogen and oxygen atoms in total. The Hall–Kier alpha value is -2.62. The molecule has 0 aliphatic rings. The molecular formula is C16H15N3O. The molecule has 0 amide bonds. The van der Waals surface area contributed by atoms with E-state index in [0.29, 0.717) is 16.9 Å². The van der Waals surface area contributed by atoms with Crippen LogP contribution in [0.4, 0.5) is 11.6 Å². The molecule has 4 heteroatoms. The number of nitrogens with zero attached hydrogens (tertiary/aromatic N) is 1. The van der Waals surface area contributed by atoms with Gasteiger partial charge in [0.15, 0.2) is 0 Å². The number of para-hydroxylation sites is 2. The molecule has 2 N–H and O–H groups in total. The zero-order chi connectivity index (χ0) is 14.1. The minimum Gasteiger partial charge on any atom is -0.325 e. The third kappa shape index (κ3) is 2.16. The SMILES string of the molecule is Cc1cccc(C)c1Nc1nc2ccccc2c(=O)[nH]1. The van der Waals surface area contributed by atoms with Crippen molar-refractivity contribution in [2.75, 3.05) is 5.32 Å². The van der Waals surface area contributed by atoms with Crippen LogP contribution in [0.15, 0.2) is 47.3 Å². The van der Waals surface area contributed by atoms with Gasteiger partial charge in [0, 0.05) is 5.69 Å². The Balaban J connectivity index is 2.10. The van der Waals surface area contributed by atoms with E-state index in [4.69, 9.17) is 0 Å². The quantitative estimate of drug-likeness (QED) is 0.747. The number of benzene rings is 2. The molecule has 100 valence electrons. The van der Waals surface area contributed by atoms with Gasteiger partial charge in [-0.2, -0.15) is 0 Å². The molecule has 0 aliphatic heterocycles. The predicted octanol–water partition coefficient (Wildman–Crippen LogP) is 3.28. The van der Waals surface area contributed by atoms with Crippen molar-refractivity contribution < 1.29 is 0 Å². The lowest BCUT2D eigenvalue weighted by atomic mass is 10.1. The fraction of sp³-hybridized carbons (Fsp3) is 0.125. The molecule has 0 fully saturated rings. The third-order valence-corrected chi connectivity index (χ3v) is 3.34. The lowest BCUT2D eigenvalue weighted by Gasteiger charge is -2.11. The maximum Gasteiger partial charge on any atom is 0.260 e.